The maximum atomic E-state index is 12.2. The molecule has 0 unspecified atom stereocenters. The van der Waals surface area contributed by atoms with Gasteiger partial charge in [-0.25, -0.2) is 9.97 Å². The average Bonchev–Trinajstić information content (AvgIpc) is 2.74. The molecule has 2 aromatic carbocycles. The SMILES string of the molecule is CC[C@@H](C)NC(=O)c1ccc(-c2cc(Oc3ccccc3OC)ncn2)cc1. The van der Waals surface area contributed by atoms with Gasteiger partial charge in [0.1, 0.15) is 6.33 Å². The molecule has 0 saturated heterocycles. The second kappa shape index (κ2) is 8.99. The predicted molar refractivity (Wildman–Crippen MR) is 108 cm³/mol. The van der Waals surface area contributed by atoms with E-state index >= 15 is 0 Å². The monoisotopic (exact) mass is 377 g/mol. The summed E-state index contributed by atoms with van der Waals surface area (Å²) in [5, 5.41) is 2.96. The number of amides is 1. The maximum absolute atomic E-state index is 12.2. The van der Waals surface area contributed by atoms with Crippen molar-refractivity contribution in [3.63, 3.8) is 0 Å². The van der Waals surface area contributed by atoms with E-state index in [1.807, 2.05) is 50.2 Å². The Bertz CT molecular complexity index is 942. The predicted octanol–water partition coefficient (Wildman–Crippen LogP) is 4.47. The number of nitrogens with zero attached hydrogens (tertiary/aromatic N) is 2. The van der Waals surface area contributed by atoms with Crippen LogP contribution in [0.25, 0.3) is 11.3 Å². The Morgan fingerprint density at radius 2 is 1.79 bits per heavy atom. The molecule has 0 saturated carbocycles. The number of rotatable bonds is 7. The Hall–Kier alpha value is -3.41. The minimum atomic E-state index is -0.0798. The van der Waals surface area contributed by atoms with Gasteiger partial charge in [-0.15, -0.1) is 0 Å². The second-order valence-electron chi connectivity index (χ2n) is 6.35. The molecule has 0 aliphatic rings. The molecule has 1 heterocycles. The van der Waals surface area contributed by atoms with Gasteiger partial charge in [0.15, 0.2) is 11.5 Å². The summed E-state index contributed by atoms with van der Waals surface area (Å²) in [6.07, 6.45) is 2.34. The molecule has 0 aliphatic heterocycles. The van der Waals surface area contributed by atoms with Crippen molar-refractivity contribution in [2.75, 3.05) is 7.11 Å². The molecule has 0 fully saturated rings. The van der Waals surface area contributed by atoms with Crippen molar-refractivity contribution in [2.45, 2.75) is 26.3 Å². The number of ether oxygens (including phenoxy) is 2. The largest absolute Gasteiger partial charge is 0.493 e. The fraction of sp³-hybridized carbons (Fsp3) is 0.227. The van der Waals surface area contributed by atoms with Gasteiger partial charge in [-0.2, -0.15) is 0 Å². The minimum absolute atomic E-state index is 0.0798. The number of hydrogen-bond donors (Lipinski definition) is 1. The molecular weight excluding hydrogens is 354 g/mol. The normalized spacial score (nSPS) is 11.5. The highest BCUT2D eigenvalue weighted by Crippen LogP contribution is 2.31. The van der Waals surface area contributed by atoms with Gasteiger partial charge in [-0.05, 0) is 37.6 Å². The van der Waals surface area contributed by atoms with Crippen LogP contribution in [0.2, 0.25) is 0 Å². The van der Waals surface area contributed by atoms with Crippen LogP contribution in [0.15, 0.2) is 60.9 Å². The topological polar surface area (TPSA) is 73.3 Å². The summed E-state index contributed by atoms with van der Waals surface area (Å²) in [5.41, 5.74) is 2.18. The van der Waals surface area contributed by atoms with Gasteiger partial charge in [0, 0.05) is 23.2 Å². The van der Waals surface area contributed by atoms with Crippen LogP contribution in [0, 0.1) is 0 Å². The molecule has 3 rings (SSSR count). The average molecular weight is 377 g/mol. The van der Waals surface area contributed by atoms with Crippen molar-refractivity contribution in [1.82, 2.24) is 15.3 Å². The molecule has 1 N–H and O–H groups in total. The molecule has 1 aromatic heterocycles. The highest BCUT2D eigenvalue weighted by atomic mass is 16.5. The summed E-state index contributed by atoms with van der Waals surface area (Å²) >= 11 is 0. The lowest BCUT2D eigenvalue weighted by molar-refractivity contribution is 0.0939. The number of carbonyl (C=O) groups excluding carboxylic acids is 1. The van der Waals surface area contributed by atoms with E-state index in [1.165, 1.54) is 6.33 Å². The highest BCUT2D eigenvalue weighted by molar-refractivity contribution is 5.94. The van der Waals surface area contributed by atoms with Crippen LogP contribution in [0.4, 0.5) is 0 Å². The number of nitrogens with one attached hydrogen (secondary N) is 1. The highest BCUT2D eigenvalue weighted by Gasteiger charge is 2.10. The van der Waals surface area contributed by atoms with Gasteiger partial charge in [-0.1, -0.05) is 31.2 Å². The van der Waals surface area contributed by atoms with Crippen LogP contribution < -0.4 is 14.8 Å². The molecule has 0 aliphatic carbocycles. The lowest BCUT2D eigenvalue weighted by Gasteiger charge is -2.12. The first kappa shape index (κ1) is 19.4. The third-order valence-corrected chi connectivity index (χ3v) is 4.36. The summed E-state index contributed by atoms with van der Waals surface area (Å²) < 4.78 is 11.1. The van der Waals surface area contributed by atoms with Gasteiger partial charge >= 0.3 is 0 Å². The minimum Gasteiger partial charge on any atom is -0.493 e. The number of benzene rings is 2. The quantitative estimate of drug-likeness (QED) is 0.657. The third kappa shape index (κ3) is 4.65. The summed E-state index contributed by atoms with van der Waals surface area (Å²) in [7, 11) is 1.59. The Morgan fingerprint density at radius 1 is 1.07 bits per heavy atom. The number of hydrogen-bond acceptors (Lipinski definition) is 5. The van der Waals surface area contributed by atoms with Crippen LogP contribution in [-0.2, 0) is 0 Å². The summed E-state index contributed by atoms with van der Waals surface area (Å²) in [4.78, 5) is 20.7. The zero-order valence-electron chi connectivity index (χ0n) is 16.2. The molecule has 144 valence electrons. The molecule has 6 heteroatoms. The number of aromatic nitrogens is 2. The van der Waals surface area contributed by atoms with Crippen molar-refractivity contribution < 1.29 is 14.3 Å². The number of methoxy groups -OCH3 is 1. The van der Waals surface area contributed by atoms with Crippen LogP contribution in [0.3, 0.4) is 0 Å². The third-order valence-electron chi connectivity index (χ3n) is 4.36. The van der Waals surface area contributed by atoms with Gasteiger partial charge < -0.3 is 14.8 Å². The zero-order chi connectivity index (χ0) is 19.9. The van der Waals surface area contributed by atoms with Crippen LogP contribution >= 0.6 is 0 Å². The van der Waals surface area contributed by atoms with E-state index in [2.05, 4.69) is 15.3 Å². The fourth-order valence-corrected chi connectivity index (χ4v) is 2.57. The summed E-state index contributed by atoms with van der Waals surface area (Å²) in [6.45, 7) is 4.02. The molecule has 6 nitrogen and oxygen atoms in total. The number of para-hydroxylation sites is 2. The molecule has 0 spiro atoms. The molecule has 0 bridgehead atoms. The maximum Gasteiger partial charge on any atom is 0.251 e. The van der Waals surface area contributed by atoms with Crippen molar-refractivity contribution in [2.24, 2.45) is 0 Å². The molecule has 0 radical (unpaired) electrons. The Balaban J connectivity index is 1.77. The standard InChI is InChI=1S/C22H23N3O3/c1-4-15(2)25-22(26)17-11-9-16(10-12-17)18-13-21(24-14-23-18)28-20-8-6-5-7-19(20)27-3/h5-15H,4H2,1-3H3,(H,25,26)/t15-/m1/s1. The molecule has 1 atom stereocenters. The van der Waals surface area contributed by atoms with Crippen LogP contribution in [0.5, 0.6) is 17.4 Å². The van der Waals surface area contributed by atoms with Gasteiger partial charge in [0.05, 0.1) is 12.8 Å². The first-order valence-corrected chi connectivity index (χ1v) is 9.15. The first-order chi connectivity index (χ1) is 13.6. The molecule has 3 aromatic rings. The van der Waals surface area contributed by atoms with Crippen LogP contribution in [-0.4, -0.2) is 29.0 Å². The van der Waals surface area contributed by atoms with E-state index in [4.69, 9.17) is 9.47 Å². The van der Waals surface area contributed by atoms with Gasteiger partial charge in [0.25, 0.3) is 5.91 Å². The van der Waals surface area contributed by atoms with E-state index < -0.39 is 0 Å². The van der Waals surface area contributed by atoms with Gasteiger partial charge in [-0.3, -0.25) is 4.79 Å². The molecule has 28 heavy (non-hydrogen) atoms. The van der Waals surface area contributed by atoms with E-state index in [-0.39, 0.29) is 11.9 Å². The molecular formula is C22H23N3O3. The second-order valence-corrected chi connectivity index (χ2v) is 6.35. The lowest BCUT2D eigenvalue weighted by atomic mass is 10.1. The molecule has 1 amide bonds. The van der Waals surface area contributed by atoms with Crippen LogP contribution in [0.1, 0.15) is 30.6 Å². The lowest BCUT2D eigenvalue weighted by Crippen LogP contribution is -2.31. The van der Waals surface area contributed by atoms with E-state index in [0.29, 0.717) is 28.6 Å². The Kier molecular flexibility index (Phi) is 6.22. The van der Waals surface area contributed by atoms with Crippen molar-refractivity contribution >= 4 is 5.91 Å². The smallest absolute Gasteiger partial charge is 0.251 e. The fourth-order valence-electron chi connectivity index (χ4n) is 2.57. The zero-order valence-corrected chi connectivity index (χ0v) is 16.2. The van der Waals surface area contributed by atoms with Gasteiger partial charge in [0.2, 0.25) is 5.88 Å². The summed E-state index contributed by atoms with van der Waals surface area (Å²) in [6, 6.07) is 16.6. The first-order valence-electron chi connectivity index (χ1n) is 9.15. The van der Waals surface area contributed by atoms with Crippen molar-refractivity contribution in [1.29, 1.82) is 0 Å². The van der Waals surface area contributed by atoms with E-state index in [9.17, 15) is 4.79 Å². The van der Waals surface area contributed by atoms with E-state index in [1.54, 1.807) is 25.3 Å². The summed E-state index contributed by atoms with van der Waals surface area (Å²) in [5.74, 6) is 1.53. The van der Waals surface area contributed by atoms with Crippen molar-refractivity contribution in [3.05, 3.63) is 66.5 Å². The Labute approximate surface area is 164 Å². The number of carbonyl (C=O) groups is 1. The van der Waals surface area contributed by atoms with E-state index in [0.717, 1.165) is 12.0 Å². The Morgan fingerprint density at radius 3 is 2.46 bits per heavy atom. The van der Waals surface area contributed by atoms with Crippen molar-refractivity contribution in [3.8, 4) is 28.6 Å².